The minimum atomic E-state index is -2.91. The fourth-order valence-corrected chi connectivity index (χ4v) is 18.4. The predicted molar refractivity (Wildman–Crippen MR) is 157 cm³/mol. The zero-order valence-electron chi connectivity index (χ0n) is 23.0. The number of phenolic OH excluding ortho intramolecular Hbond substituents is 1. The normalized spacial score (nSPS) is 13.1. The highest BCUT2D eigenvalue weighted by molar-refractivity contribution is 6.90. The van der Waals surface area contributed by atoms with Crippen LogP contribution in [0.1, 0.15) is 22.3 Å². The SMILES string of the molecule is C[Si](C)(C)O[Si](CCCOc1ccc(C(=O)c2ccc(Cl)cc2)c(O)c1)(O[Si](C)(C)C)O[Si](C)(C)C. The van der Waals surface area contributed by atoms with Gasteiger partial charge in [-0.15, -0.1) is 0 Å². The van der Waals surface area contributed by atoms with Crippen LogP contribution in [-0.4, -0.2) is 51.3 Å². The van der Waals surface area contributed by atoms with Gasteiger partial charge in [-0.05, 0) is 102 Å². The third-order valence-electron chi connectivity index (χ3n) is 4.60. The standard InChI is InChI=1S/C25H41ClO6Si4/c1-33(2,3)30-36(31-34(4,5)6,32-35(7,8)9)18-10-17-29-22-15-16-23(24(27)19-22)25(28)20-11-13-21(26)14-12-20/h11-16,19,27H,10,17-18H2,1-9H3. The third kappa shape index (κ3) is 10.6. The van der Waals surface area contributed by atoms with E-state index < -0.39 is 33.8 Å². The number of aromatic hydroxyl groups is 1. The molecule has 2 aromatic carbocycles. The number of ketones is 1. The van der Waals surface area contributed by atoms with Gasteiger partial charge in [-0.1, -0.05) is 11.6 Å². The molecule has 36 heavy (non-hydrogen) atoms. The van der Waals surface area contributed by atoms with Gasteiger partial charge in [-0.3, -0.25) is 4.79 Å². The van der Waals surface area contributed by atoms with E-state index in [1.807, 2.05) is 0 Å². The zero-order valence-corrected chi connectivity index (χ0v) is 27.8. The summed E-state index contributed by atoms with van der Waals surface area (Å²) in [5.74, 6) is 0.0973. The molecule has 0 heterocycles. The first-order valence-corrected chi connectivity index (χ1v) is 24.8. The molecule has 6 nitrogen and oxygen atoms in total. The maximum Gasteiger partial charge on any atom is 0.469 e. The van der Waals surface area contributed by atoms with Crippen LogP contribution >= 0.6 is 11.6 Å². The molecule has 0 saturated heterocycles. The van der Waals surface area contributed by atoms with Crippen molar-refractivity contribution < 1.29 is 27.0 Å². The highest BCUT2D eigenvalue weighted by Gasteiger charge is 2.49. The van der Waals surface area contributed by atoms with E-state index in [4.69, 9.17) is 28.7 Å². The molecule has 0 fully saturated rings. The van der Waals surface area contributed by atoms with Crippen LogP contribution in [0, 0.1) is 0 Å². The van der Waals surface area contributed by atoms with Crippen LogP contribution in [0.3, 0.4) is 0 Å². The van der Waals surface area contributed by atoms with E-state index in [0.29, 0.717) is 35.4 Å². The zero-order chi connectivity index (χ0) is 27.4. The summed E-state index contributed by atoms with van der Waals surface area (Å²) in [5, 5.41) is 11.0. The van der Waals surface area contributed by atoms with E-state index in [2.05, 4.69) is 58.9 Å². The maximum atomic E-state index is 12.7. The van der Waals surface area contributed by atoms with Crippen LogP contribution in [0.25, 0.3) is 0 Å². The summed E-state index contributed by atoms with van der Waals surface area (Å²) < 4.78 is 26.0. The van der Waals surface area contributed by atoms with Gasteiger partial charge >= 0.3 is 8.80 Å². The third-order valence-corrected chi connectivity index (χ3v) is 16.9. The van der Waals surface area contributed by atoms with Crippen molar-refractivity contribution in [2.24, 2.45) is 0 Å². The monoisotopic (exact) mass is 584 g/mol. The number of hydrogen-bond donors (Lipinski definition) is 1. The molecule has 0 atom stereocenters. The van der Waals surface area contributed by atoms with Gasteiger partial charge in [0.1, 0.15) is 11.5 Å². The smallest absolute Gasteiger partial charge is 0.469 e. The Balaban J connectivity index is 2.10. The summed E-state index contributed by atoms with van der Waals surface area (Å²) in [6.45, 7) is 19.9. The second-order valence-corrected chi connectivity index (χ2v) is 29.2. The minimum absolute atomic E-state index is 0.123. The summed E-state index contributed by atoms with van der Waals surface area (Å²) >= 11 is 5.90. The maximum absolute atomic E-state index is 12.7. The van der Waals surface area contributed by atoms with Crippen LogP contribution in [0.5, 0.6) is 11.5 Å². The predicted octanol–water partition coefficient (Wildman–Crippen LogP) is 7.54. The highest BCUT2D eigenvalue weighted by atomic mass is 35.5. The van der Waals surface area contributed by atoms with Gasteiger partial charge in [0.05, 0.1) is 12.2 Å². The molecular formula is C25H41ClO6Si4. The summed E-state index contributed by atoms with van der Waals surface area (Å²) in [5.41, 5.74) is 0.670. The van der Waals surface area contributed by atoms with E-state index in [1.54, 1.807) is 36.4 Å². The van der Waals surface area contributed by atoms with Gasteiger partial charge in [0.25, 0.3) is 0 Å². The lowest BCUT2D eigenvalue weighted by Crippen LogP contribution is -2.60. The number of carbonyl (C=O) groups excluding carboxylic acids is 1. The molecule has 0 amide bonds. The Labute approximate surface area is 225 Å². The van der Waals surface area contributed by atoms with E-state index in [9.17, 15) is 9.90 Å². The largest absolute Gasteiger partial charge is 0.507 e. The Morgan fingerprint density at radius 2 is 1.31 bits per heavy atom. The van der Waals surface area contributed by atoms with Crippen molar-refractivity contribution in [3.05, 3.63) is 58.6 Å². The molecule has 2 aromatic rings. The van der Waals surface area contributed by atoms with E-state index in [1.165, 1.54) is 6.07 Å². The molecule has 1 N–H and O–H groups in total. The van der Waals surface area contributed by atoms with Crippen LogP contribution in [0.2, 0.25) is 70.0 Å². The molecule has 0 radical (unpaired) electrons. The van der Waals surface area contributed by atoms with Gasteiger partial charge in [0.2, 0.25) is 0 Å². The van der Waals surface area contributed by atoms with Gasteiger partial charge in [-0.2, -0.15) is 0 Å². The lowest BCUT2D eigenvalue weighted by molar-refractivity contribution is 0.103. The first-order valence-electron chi connectivity index (χ1n) is 12.2. The molecule has 0 aliphatic heterocycles. The summed E-state index contributed by atoms with van der Waals surface area (Å²) in [6.07, 6.45) is 0.692. The van der Waals surface area contributed by atoms with E-state index in [0.717, 1.165) is 0 Å². The molecule has 0 spiro atoms. The summed E-state index contributed by atoms with van der Waals surface area (Å²) in [4.78, 5) is 12.7. The van der Waals surface area contributed by atoms with Gasteiger partial charge < -0.3 is 22.2 Å². The quantitative estimate of drug-likeness (QED) is 0.149. The first kappa shape index (κ1) is 31.0. The number of carbonyl (C=O) groups is 1. The molecule has 0 bridgehead atoms. The number of halogens is 1. The van der Waals surface area contributed by atoms with Crippen molar-refractivity contribution in [1.29, 1.82) is 0 Å². The molecule has 0 aliphatic rings. The highest BCUT2D eigenvalue weighted by Crippen LogP contribution is 2.31. The Hall–Kier alpha value is -1.25. The molecule has 0 aromatic heterocycles. The van der Waals surface area contributed by atoms with Crippen LogP contribution < -0.4 is 4.74 Å². The van der Waals surface area contributed by atoms with E-state index in [-0.39, 0.29) is 17.1 Å². The van der Waals surface area contributed by atoms with Crippen molar-refractivity contribution in [3.8, 4) is 11.5 Å². The number of ether oxygens (including phenoxy) is 1. The molecule has 0 unspecified atom stereocenters. The molecule has 2 rings (SSSR count). The Bertz CT molecular complexity index is 986. The molecule has 200 valence electrons. The second kappa shape index (κ2) is 12.1. The number of phenols is 1. The van der Waals surface area contributed by atoms with E-state index >= 15 is 0 Å². The van der Waals surface area contributed by atoms with Crippen molar-refractivity contribution >= 4 is 51.1 Å². The molecule has 0 aliphatic carbocycles. The Kier molecular flexibility index (Phi) is 10.4. The molecular weight excluding hydrogens is 544 g/mol. The van der Waals surface area contributed by atoms with Crippen LogP contribution in [-0.2, 0) is 12.3 Å². The van der Waals surface area contributed by atoms with Crippen LogP contribution in [0.15, 0.2) is 42.5 Å². The Morgan fingerprint density at radius 3 is 1.75 bits per heavy atom. The molecule has 11 heteroatoms. The average molecular weight is 585 g/mol. The van der Waals surface area contributed by atoms with Crippen molar-refractivity contribution in [2.45, 2.75) is 71.4 Å². The fraction of sp³-hybridized carbons (Fsp3) is 0.480. The van der Waals surface area contributed by atoms with Gasteiger partial charge in [0.15, 0.2) is 30.7 Å². The lowest BCUT2D eigenvalue weighted by Gasteiger charge is -2.42. The number of hydrogen-bond acceptors (Lipinski definition) is 6. The topological polar surface area (TPSA) is 74.2 Å². The Morgan fingerprint density at radius 1 is 0.806 bits per heavy atom. The van der Waals surface area contributed by atoms with Crippen molar-refractivity contribution in [2.75, 3.05) is 6.61 Å². The molecule has 0 saturated carbocycles. The average Bonchev–Trinajstić information content (AvgIpc) is 2.67. The fourth-order valence-electron chi connectivity index (χ4n) is 3.64. The number of benzene rings is 2. The van der Waals surface area contributed by atoms with Crippen molar-refractivity contribution in [3.63, 3.8) is 0 Å². The lowest BCUT2D eigenvalue weighted by atomic mass is 10.0. The van der Waals surface area contributed by atoms with Gasteiger partial charge in [0, 0.05) is 22.7 Å². The number of rotatable bonds is 13. The second-order valence-electron chi connectivity index (χ2n) is 11.8. The minimum Gasteiger partial charge on any atom is -0.507 e. The van der Waals surface area contributed by atoms with Gasteiger partial charge in [-0.25, -0.2) is 0 Å². The van der Waals surface area contributed by atoms with Crippen LogP contribution in [0.4, 0.5) is 0 Å². The van der Waals surface area contributed by atoms with Crippen molar-refractivity contribution in [1.82, 2.24) is 0 Å². The summed E-state index contributed by atoms with van der Waals surface area (Å²) in [7, 11) is -8.70. The summed E-state index contributed by atoms with van der Waals surface area (Å²) in [6, 6.07) is 12.0. The first-order chi connectivity index (χ1) is 16.4.